The second-order valence-corrected chi connectivity index (χ2v) is 16.6. The van der Waals surface area contributed by atoms with Gasteiger partial charge in [0, 0.05) is 41.7 Å². The number of para-hydroxylation sites is 2. The molecule has 53 heavy (non-hydrogen) atoms. The molecule has 4 heterocycles. The van der Waals surface area contributed by atoms with Crippen LogP contribution in [-0.4, -0.2) is 9.13 Å². The van der Waals surface area contributed by atoms with E-state index in [1.165, 1.54) is 107 Å². The van der Waals surface area contributed by atoms with Crippen molar-refractivity contribution in [2.75, 3.05) is 0 Å². The molecule has 0 N–H and O–H groups in total. The fraction of sp³-hybridized carbons (Fsp3) is 0.0612. The first-order valence-electron chi connectivity index (χ1n) is 18.4. The molecular weight excluding hydrogens is 681 g/mol. The monoisotopic (exact) mass is 712 g/mol. The Hall–Kier alpha value is -5.94. The van der Waals surface area contributed by atoms with Crippen molar-refractivity contribution in [1.29, 1.82) is 0 Å². The Kier molecular flexibility index (Phi) is 6.17. The van der Waals surface area contributed by atoms with Gasteiger partial charge < -0.3 is 9.13 Å². The standard InChI is InChI=1S/C49H32N2S2/c1-29-21-24-44(49-47(29)36-14-5-9-20-46(36)53-49)51-40-17-7-3-12-33(40)38-28-31(23-26-42(38)51)30-22-25-41-37(27-30)32-11-2-6-16-39(32)50(41)43-18-10-15-35-34-13-4-8-19-45(34)52-48(35)43/h2-20,22-29H,21H2,1H3. The van der Waals surface area contributed by atoms with Crippen LogP contribution in [0.25, 0.3) is 96.4 Å². The van der Waals surface area contributed by atoms with Crippen LogP contribution in [0.4, 0.5) is 0 Å². The fourth-order valence-electron chi connectivity index (χ4n) is 9.17. The Morgan fingerprint density at radius 3 is 1.74 bits per heavy atom. The Bertz CT molecular complexity index is 3340. The number of aromatic nitrogens is 2. The molecule has 0 amide bonds. The van der Waals surface area contributed by atoms with E-state index in [0.29, 0.717) is 5.92 Å². The average molecular weight is 713 g/mol. The third-order valence-corrected chi connectivity index (χ3v) is 14.0. The number of nitrogens with zero attached hydrogens (tertiary/aromatic N) is 2. The van der Waals surface area contributed by atoms with E-state index in [-0.39, 0.29) is 0 Å². The van der Waals surface area contributed by atoms with E-state index in [9.17, 15) is 0 Å². The van der Waals surface area contributed by atoms with E-state index < -0.39 is 0 Å². The molecule has 0 aliphatic heterocycles. The van der Waals surface area contributed by atoms with Crippen LogP contribution in [0, 0.1) is 0 Å². The molecule has 250 valence electrons. The van der Waals surface area contributed by atoms with Gasteiger partial charge >= 0.3 is 0 Å². The molecule has 0 saturated carbocycles. The van der Waals surface area contributed by atoms with Crippen LogP contribution in [0.1, 0.15) is 29.7 Å². The number of hydrogen-bond donors (Lipinski definition) is 0. The number of thiophene rings is 2. The van der Waals surface area contributed by atoms with Crippen molar-refractivity contribution in [2.24, 2.45) is 0 Å². The molecule has 0 spiro atoms. The largest absolute Gasteiger partial charge is 0.308 e. The number of rotatable bonds is 3. The lowest BCUT2D eigenvalue weighted by Crippen LogP contribution is -2.07. The smallest absolute Gasteiger partial charge is 0.0640 e. The van der Waals surface area contributed by atoms with Gasteiger partial charge in [-0.3, -0.25) is 0 Å². The highest BCUT2D eigenvalue weighted by molar-refractivity contribution is 7.26. The predicted octanol–water partition coefficient (Wildman–Crippen LogP) is 14.5. The molecule has 0 bridgehead atoms. The van der Waals surface area contributed by atoms with E-state index in [2.05, 4.69) is 174 Å². The number of benzene rings is 7. The van der Waals surface area contributed by atoms with Crippen LogP contribution in [0.5, 0.6) is 0 Å². The highest BCUT2D eigenvalue weighted by Gasteiger charge is 2.27. The summed E-state index contributed by atoms with van der Waals surface area (Å²) in [5, 5.41) is 9.19. The molecule has 11 aromatic rings. The van der Waals surface area contributed by atoms with Crippen molar-refractivity contribution in [2.45, 2.75) is 19.3 Å². The first-order chi connectivity index (χ1) is 26.2. The van der Waals surface area contributed by atoms with Gasteiger partial charge in [-0.1, -0.05) is 110 Å². The number of fused-ring (bicyclic) bond motifs is 12. The predicted molar refractivity (Wildman–Crippen MR) is 230 cm³/mol. The van der Waals surface area contributed by atoms with Gasteiger partial charge in [0.25, 0.3) is 0 Å². The Balaban J connectivity index is 1.05. The van der Waals surface area contributed by atoms with Crippen LogP contribution in [0.15, 0.2) is 158 Å². The molecule has 0 fully saturated rings. The van der Waals surface area contributed by atoms with E-state index in [4.69, 9.17) is 0 Å². The lowest BCUT2D eigenvalue weighted by Gasteiger charge is -2.22. The van der Waals surface area contributed by atoms with Gasteiger partial charge in [-0.05, 0) is 89.0 Å². The van der Waals surface area contributed by atoms with Gasteiger partial charge in [0.15, 0.2) is 0 Å². The first-order valence-corrected chi connectivity index (χ1v) is 20.0. The zero-order chi connectivity index (χ0) is 34.8. The van der Waals surface area contributed by atoms with Gasteiger partial charge in [0.1, 0.15) is 0 Å². The molecule has 1 unspecified atom stereocenters. The normalized spacial score (nSPS) is 14.7. The molecule has 0 saturated heterocycles. The minimum Gasteiger partial charge on any atom is -0.308 e. The van der Waals surface area contributed by atoms with Crippen LogP contribution >= 0.6 is 22.7 Å². The molecule has 4 heteroatoms. The quantitative estimate of drug-likeness (QED) is 0.173. The van der Waals surface area contributed by atoms with Crippen LogP contribution in [0.2, 0.25) is 0 Å². The molecular formula is C49H32N2S2. The third-order valence-electron chi connectivity index (χ3n) is 11.6. The minimum absolute atomic E-state index is 0.503. The summed E-state index contributed by atoms with van der Waals surface area (Å²) in [7, 11) is 0. The highest BCUT2D eigenvalue weighted by atomic mass is 32.1. The average Bonchev–Trinajstić information content (AvgIpc) is 3.96. The maximum Gasteiger partial charge on any atom is 0.0640 e. The van der Waals surface area contributed by atoms with E-state index in [1.807, 2.05) is 22.7 Å². The summed E-state index contributed by atoms with van der Waals surface area (Å²) < 4.78 is 9.03. The first kappa shape index (κ1) is 29.6. The zero-order valence-electron chi connectivity index (χ0n) is 29.0. The third kappa shape index (κ3) is 4.13. The lowest BCUT2D eigenvalue weighted by atomic mass is 9.89. The summed E-state index contributed by atoms with van der Waals surface area (Å²) in [5.74, 6) is 0.503. The molecule has 2 nitrogen and oxygen atoms in total. The van der Waals surface area contributed by atoms with Crippen molar-refractivity contribution in [3.63, 3.8) is 0 Å². The maximum absolute atomic E-state index is 2.53. The van der Waals surface area contributed by atoms with Gasteiger partial charge in [0.05, 0.1) is 43.0 Å². The molecule has 12 rings (SSSR count). The van der Waals surface area contributed by atoms with E-state index >= 15 is 0 Å². The summed E-state index contributed by atoms with van der Waals surface area (Å²) in [5.41, 5.74) is 11.5. The highest BCUT2D eigenvalue weighted by Crippen LogP contribution is 2.48. The maximum atomic E-state index is 2.53. The number of allylic oxidation sites excluding steroid dienone is 1. The molecule has 0 radical (unpaired) electrons. The van der Waals surface area contributed by atoms with E-state index in [0.717, 1.165) is 6.42 Å². The van der Waals surface area contributed by atoms with Crippen molar-refractivity contribution >= 4 is 102 Å². The van der Waals surface area contributed by atoms with Gasteiger partial charge in [-0.25, -0.2) is 0 Å². The van der Waals surface area contributed by atoms with Gasteiger partial charge in [-0.2, -0.15) is 0 Å². The van der Waals surface area contributed by atoms with Crippen LogP contribution in [0.3, 0.4) is 0 Å². The second kappa shape index (κ2) is 11.0. The Morgan fingerprint density at radius 1 is 0.472 bits per heavy atom. The van der Waals surface area contributed by atoms with Crippen molar-refractivity contribution in [1.82, 2.24) is 9.13 Å². The summed E-state index contributed by atoms with van der Waals surface area (Å²) in [6.07, 6.45) is 3.52. The van der Waals surface area contributed by atoms with Crippen molar-refractivity contribution < 1.29 is 0 Å². The lowest BCUT2D eigenvalue weighted by molar-refractivity contribution is 0.775. The zero-order valence-corrected chi connectivity index (χ0v) is 30.6. The second-order valence-electron chi connectivity index (χ2n) is 14.5. The van der Waals surface area contributed by atoms with Crippen LogP contribution in [-0.2, 0) is 0 Å². The van der Waals surface area contributed by atoms with Gasteiger partial charge in [0.2, 0.25) is 0 Å². The molecule has 1 aliphatic rings. The minimum atomic E-state index is 0.503. The van der Waals surface area contributed by atoms with Gasteiger partial charge in [-0.15, -0.1) is 22.7 Å². The SMILES string of the molecule is CC1CC=C(n2c3ccccc3c3cc(-c4ccc5c(c4)c4ccccc4n5-c4cccc5c4sc4ccccc45)ccc32)c2sc3ccccc3c21. The summed E-state index contributed by atoms with van der Waals surface area (Å²) in [6, 6.07) is 56.5. The summed E-state index contributed by atoms with van der Waals surface area (Å²) in [6.45, 7) is 2.38. The molecule has 1 aliphatic carbocycles. The fourth-order valence-corrected chi connectivity index (χ4v) is 11.7. The molecule has 4 aromatic heterocycles. The Labute approximate surface area is 314 Å². The Morgan fingerprint density at radius 2 is 1.02 bits per heavy atom. The van der Waals surface area contributed by atoms with Crippen molar-refractivity contribution in [3.05, 3.63) is 168 Å². The molecule has 1 atom stereocenters. The number of hydrogen-bond acceptors (Lipinski definition) is 2. The van der Waals surface area contributed by atoms with Crippen molar-refractivity contribution in [3.8, 4) is 16.8 Å². The van der Waals surface area contributed by atoms with E-state index in [1.54, 1.807) is 0 Å². The molecule has 7 aromatic carbocycles. The topological polar surface area (TPSA) is 9.86 Å². The summed E-state index contributed by atoms with van der Waals surface area (Å²) >= 11 is 3.83. The van der Waals surface area contributed by atoms with Crippen LogP contribution < -0.4 is 0 Å². The summed E-state index contributed by atoms with van der Waals surface area (Å²) in [4.78, 5) is 1.41.